The van der Waals surface area contributed by atoms with E-state index in [1.165, 1.54) is 82.4 Å². The molecule has 0 fully saturated rings. The molecule has 0 unspecified atom stereocenters. The van der Waals surface area contributed by atoms with Crippen molar-refractivity contribution in [1.82, 2.24) is 0 Å². The highest BCUT2D eigenvalue weighted by atomic mass is 32.2. The van der Waals surface area contributed by atoms with Crippen molar-refractivity contribution in [2.75, 3.05) is 19.0 Å². The molecule has 318 valence electrons. The van der Waals surface area contributed by atoms with Crippen LogP contribution >= 0.6 is 19.6 Å². The van der Waals surface area contributed by atoms with E-state index in [0.29, 0.717) is 6.42 Å². The second kappa shape index (κ2) is 36.1. The van der Waals surface area contributed by atoms with Crippen LogP contribution in [-0.4, -0.2) is 80.4 Å². The number of aliphatic hydroxyl groups excluding tert-OH is 1. The molecule has 0 saturated carbocycles. The van der Waals surface area contributed by atoms with Gasteiger partial charge in [-0.25, -0.2) is 4.57 Å². The van der Waals surface area contributed by atoms with Crippen molar-refractivity contribution in [1.29, 1.82) is 0 Å². The van der Waals surface area contributed by atoms with Gasteiger partial charge in [0.1, 0.15) is 12.6 Å². The number of thioether (sulfide) groups is 1. The molecule has 0 aromatic carbocycles. The lowest BCUT2D eigenvalue weighted by Gasteiger charge is -2.23. The number of nitrogens with two attached hydrogens (primary N) is 1. The third-order valence-electron chi connectivity index (χ3n) is 8.60. The largest absolute Gasteiger partial charge is 0.481 e. The second-order valence-electron chi connectivity index (χ2n) is 13.8. The minimum atomic E-state index is -4.91. The summed E-state index contributed by atoms with van der Waals surface area (Å²) in [7, 11) is -4.91. The summed E-state index contributed by atoms with van der Waals surface area (Å²) in [6.45, 7) is 3.21. The molecule has 0 aliphatic carbocycles. The standard InChI is InChI=1S/C41H72NO11PS/c1-3-5-7-9-11-13-15-17-19-21-23-25-29-38(37(43)28-27-30-39(44)45)55-34-36(42)41(47)53-35(33-52-54(48,49)50)32-51-40(46)31-26-24-22-20-18-16-14-12-10-8-6-4-2/h11,13,17,19,21,23,25,29,35-38,43H,3-10,12,14-16,18,20,22,24,26-28,30-34,42H2,1-2H3,(H,44,45)(H2,48,49,50)/b13-11-,19-17-,23-21+,29-25+/t35-,36+,37+,38-/m1/s1. The van der Waals surface area contributed by atoms with Crippen LogP contribution in [0.4, 0.5) is 0 Å². The zero-order valence-corrected chi connectivity index (χ0v) is 35.2. The van der Waals surface area contributed by atoms with Crippen molar-refractivity contribution in [3.63, 3.8) is 0 Å². The van der Waals surface area contributed by atoms with Gasteiger partial charge in [0.15, 0.2) is 6.10 Å². The van der Waals surface area contributed by atoms with E-state index in [4.69, 9.17) is 20.3 Å². The number of unbranched alkanes of at least 4 members (excludes halogenated alkanes) is 14. The van der Waals surface area contributed by atoms with Crippen LogP contribution < -0.4 is 5.73 Å². The highest BCUT2D eigenvalue weighted by molar-refractivity contribution is 8.00. The lowest BCUT2D eigenvalue weighted by atomic mass is 10.0. The topological polar surface area (TPSA) is 203 Å². The number of ether oxygens (including phenoxy) is 2. The van der Waals surface area contributed by atoms with Crippen LogP contribution in [0.25, 0.3) is 0 Å². The molecule has 0 bridgehead atoms. The van der Waals surface area contributed by atoms with Gasteiger partial charge in [0.05, 0.1) is 12.7 Å². The number of rotatable bonds is 37. The van der Waals surface area contributed by atoms with Gasteiger partial charge in [-0.3, -0.25) is 18.9 Å². The van der Waals surface area contributed by atoms with Crippen molar-refractivity contribution in [3.05, 3.63) is 48.6 Å². The average molecular weight is 818 g/mol. The number of carboxylic acid groups (broad SMARTS) is 1. The molecule has 6 N–H and O–H groups in total. The first kappa shape index (κ1) is 52.8. The number of carbonyl (C=O) groups excluding carboxylic acids is 2. The summed E-state index contributed by atoms with van der Waals surface area (Å²) >= 11 is 1.18. The minimum Gasteiger partial charge on any atom is -0.481 e. The summed E-state index contributed by atoms with van der Waals surface area (Å²) < 4.78 is 26.5. The van der Waals surface area contributed by atoms with Gasteiger partial charge in [0, 0.05) is 23.8 Å². The molecule has 0 aliphatic heterocycles. The fraction of sp³-hybridized carbons (Fsp3) is 0.732. The van der Waals surface area contributed by atoms with E-state index >= 15 is 0 Å². The van der Waals surface area contributed by atoms with E-state index in [-0.39, 0.29) is 31.4 Å². The molecule has 0 rings (SSSR count). The molecule has 0 saturated heterocycles. The number of carboxylic acids is 1. The van der Waals surface area contributed by atoms with E-state index < -0.39 is 62.4 Å². The molecule has 0 aromatic heterocycles. The smallest absolute Gasteiger partial charge is 0.469 e. The summed E-state index contributed by atoms with van der Waals surface area (Å²) in [5.41, 5.74) is 6.11. The quantitative estimate of drug-likeness (QED) is 0.0131. The van der Waals surface area contributed by atoms with E-state index in [2.05, 4.69) is 30.5 Å². The summed E-state index contributed by atoms with van der Waals surface area (Å²) in [5, 5.41) is 19.3. The van der Waals surface area contributed by atoms with Gasteiger partial charge in [-0.05, 0) is 38.5 Å². The number of aliphatic hydroxyl groups is 1. The highest BCUT2D eigenvalue weighted by Crippen LogP contribution is 2.36. The number of aliphatic carboxylic acids is 1. The van der Waals surface area contributed by atoms with Gasteiger partial charge < -0.3 is 35.2 Å². The molecule has 55 heavy (non-hydrogen) atoms. The zero-order chi connectivity index (χ0) is 41.0. The summed E-state index contributed by atoms with van der Waals surface area (Å²) in [6, 6.07) is -1.20. The van der Waals surface area contributed by atoms with Gasteiger partial charge >= 0.3 is 25.7 Å². The van der Waals surface area contributed by atoms with Crippen molar-refractivity contribution >= 4 is 37.5 Å². The molecule has 14 heteroatoms. The maximum Gasteiger partial charge on any atom is 0.469 e. The normalized spacial score (nSPS) is 14.6. The molecule has 4 atom stereocenters. The van der Waals surface area contributed by atoms with Crippen LogP contribution in [0, 0.1) is 0 Å². The Morgan fingerprint density at radius 2 is 1.35 bits per heavy atom. The minimum absolute atomic E-state index is 0.00283. The number of hydrogen-bond donors (Lipinski definition) is 5. The van der Waals surface area contributed by atoms with Crippen molar-refractivity contribution in [3.8, 4) is 0 Å². The molecule has 0 aliphatic rings. The van der Waals surface area contributed by atoms with E-state index in [0.717, 1.165) is 32.1 Å². The fourth-order valence-electron chi connectivity index (χ4n) is 5.38. The van der Waals surface area contributed by atoms with Crippen LogP contribution in [0.5, 0.6) is 0 Å². The molecule has 0 amide bonds. The predicted molar refractivity (Wildman–Crippen MR) is 222 cm³/mol. The van der Waals surface area contributed by atoms with E-state index in [9.17, 15) is 33.8 Å². The fourth-order valence-corrected chi connectivity index (χ4v) is 6.87. The van der Waals surface area contributed by atoms with Gasteiger partial charge in [-0.1, -0.05) is 146 Å². The Kier molecular flexibility index (Phi) is 34.6. The van der Waals surface area contributed by atoms with Gasteiger partial charge in [-0.2, -0.15) is 0 Å². The molecule has 12 nitrogen and oxygen atoms in total. The number of carbonyl (C=O) groups is 3. The monoisotopic (exact) mass is 817 g/mol. The maximum absolute atomic E-state index is 12.9. The van der Waals surface area contributed by atoms with Crippen LogP contribution in [0.2, 0.25) is 0 Å². The highest BCUT2D eigenvalue weighted by Gasteiger charge is 2.27. The third kappa shape index (κ3) is 35.9. The maximum atomic E-state index is 12.9. The molecule has 0 aromatic rings. The molecular formula is C41H72NO11PS. The first-order chi connectivity index (χ1) is 26.4. The number of esters is 2. The second-order valence-corrected chi connectivity index (χ2v) is 16.3. The Balaban J connectivity index is 4.96. The van der Waals surface area contributed by atoms with Crippen molar-refractivity contribution < 1.29 is 52.9 Å². The number of phosphoric ester groups is 1. The van der Waals surface area contributed by atoms with E-state index in [1.54, 1.807) is 18.2 Å². The summed E-state index contributed by atoms with van der Waals surface area (Å²) in [4.78, 5) is 54.6. The first-order valence-corrected chi connectivity index (χ1v) is 23.0. The molecule has 0 spiro atoms. The van der Waals surface area contributed by atoms with Crippen molar-refractivity contribution in [2.24, 2.45) is 5.73 Å². The summed E-state index contributed by atoms with van der Waals surface area (Å²) in [5.74, 6) is -2.39. The number of hydrogen-bond acceptors (Lipinski definition) is 10. The van der Waals surface area contributed by atoms with Gasteiger partial charge in [0.2, 0.25) is 0 Å². The molecule has 0 heterocycles. The van der Waals surface area contributed by atoms with Crippen molar-refractivity contribution in [2.45, 2.75) is 172 Å². The predicted octanol–water partition coefficient (Wildman–Crippen LogP) is 8.88. The van der Waals surface area contributed by atoms with Crippen LogP contribution in [0.3, 0.4) is 0 Å². The zero-order valence-electron chi connectivity index (χ0n) is 33.5. The van der Waals surface area contributed by atoms with Crippen LogP contribution in [-0.2, 0) is 32.9 Å². The Bertz CT molecular complexity index is 1160. The third-order valence-corrected chi connectivity index (χ3v) is 10.5. The first-order valence-electron chi connectivity index (χ1n) is 20.4. The Morgan fingerprint density at radius 1 is 0.745 bits per heavy atom. The lowest BCUT2D eigenvalue weighted by Crippen LogP contribution is -2.40. The molecular weight excluding hydrogens is 745 g/mol. The van der Waals surface area contributed by atoms with Gasteiger partial charge in [0.25, 0.3) is 0 Å². The van der Waals surface area contributed by atoms with Gasteiger partial charge in [-0.15, -0.1) is 11.8 Å². The SMILES string of the molecule is CCCCC/C=C\C\C=C/C=C/C=C/[C@@H](SC[C@H](N)C(=O)O[C@H](COC(=O)CCCCCCCCCCCCCC)COP(=O)(O)O)[C@@H](O)CCCC(=O)O. The Morgan fingerprint density at radius 3 is 1.96 bits per heavy atom. The molecule has 0 radical (unpaired) electrons. The lowest BCUT2D eigenvalue weighted by molar-refractivity contribution is -0.161. The number of phosphoric acid groups is 1. The Hall–Kier alpha value is -2.25. The Labute approximate surface area is 335 Å². The average Bonchev–Trinajstić information content (AvgIpc) is 3.13. The van der Waals surface area contributed by atoms with Crippen LogP contribution in [0.15, 0.2) is 48.6 Å². The van der Waals surface area contributed by atoms with E-state index in [1.807, 2.05) is 18.2 Å². The van der Waals surface area contributed by atoms with Crippen LogP contribution in [0.1, 0.15) is 149 Å². The summed E-state index contributed by atoms with van der Waals surface area (Å²) in [6.07, 6.45) is 33.1. The number of allylic oxidation sites excluding steroid dienone is 7.